The van der Waals surface area contributed by atoms with Crippen molar-refractivity contribution in [1.82, 2.24) is 5.09 Å². The topological polar surface area (TPSA) is 49.3 Å². The molecular formula is C5H12NO2PS. The van der Waals surface area contributed by atoms with Gasteiger partial charge in [-0.05, 0) is 18.2 Å². The van der Waals surface area contributed by atoms with Gasteiger partial charge in [-0.25, -0.2) is 5.09 Å². The maximum Gasteiger partial charge on any atom is 0.290 e. The fourth-order valence-electron chi connectivity index (χ4n) is 0.296. The highest BCUT2D eigenvalue weighted by Crippen LogP contribution is 2.36. The van der Waals surface area contributed by atoms with Crippen molar-refractivity contribution in [2.24, 2.45) is 0 Å². The zero-order valence-electron chi connectivity index (χ0n) is 6.07. The summed E-state index contributed by atoms with van der Waals surface area (Å²) >= 11 is 1.50. The molecular weight excluding hydrogens is 169 g/mol. The molecule has 0 saturated carbocycles. The lowest BCUT2D eigenvalue weighted by Gasteiger charge is -2.01. The Morgan fingerprint density at radius 3 is 2.80 bits per heavy atom. The van der Waals surface area contributed by atoms with Crippen molar-refractivity contribution in [3.8, 4) is 0 Å². The molecule has 0 aromatic rings. The van der Waals surface area contributed by atoms with Gasteiger partial charge in [0, 0.05) is 5.82 Å². The lowest BCUT2D eigenvalue weighted by Crippen LogP contribution is -1.97. The predicted molar refractivity (Wildman–Crippen MR) is 46.2 cm³/mol. The smallest absolute Gasteiger partial charge is 0.290 e. The second-order valence-corrected chi connectivity index (χ2v) is 4.76. The standard InChI is InChI=1S/C5H12NO2PS/c1-3-10-5-4-9(7,8)6-2/h4-5H,3H2,1-2H3,(H2,6,7,8)/b5-4-. The van der Waals surface area contributed by atoms with Crippen molar-refractivity contribution in [3.05, 3.63) is 11.2 Å². The molecule has 0 rings (SSSR count). The van der Waals surface area contributed by atoms with Crippen LogP contribution in [-0.4, -0.2) is 17.7 Å². The first-order chi connectivity index (χ1) is 4.62. The van der Waals surface area contributed by atoms with E-state index in [0.717, 1.165) is 5.75 Å². The maximum absolute atomic E-state index is 10.8. The highest BCUT2D eigenvalue weighted by Gasteiger charge is 2.06. The lowest BCUT2D eigenvalue weighted by atomic mass is 11.0. The molecule has 0 aliphatic rings. The molecule has 0 amide bonds. The lowest BCUT2D eigenvalue weighted by molar-refractivity contribution is 0.480. The number of hydrogen-bond donors (Lipinski definition) is 2. The van der Waals surface area contributed by atoms with Crippen LogP contribution in [0.25, 0.3) is 0 Å². The van der Waals surface area contributed by atoms with E-state index in [4.69, 9.17) is 4.89 Å². The summed E-state index contributed by atoms with van der Waals surface area (Å²) in [5.74, 6) is 2.21. The number of rotatable bonds is 4. The second-order valence-electron chi connectivity index (χ2n) is 1.59. The molecule has 5 heteroatoms. The molecule has 0 saturated heterocycles. The molecule has 0 radical (unpaired) electrons. The first-order valence-electron chi connectivity index (χ1n) is 2.93. The van der Waals surface area contributed by atoms with Gasteiger partial charge in [-0.2, -0.15) is 0 Å². The summed E-state index contributed by atoms with van der Waals surface area (Å²) in [6.07, 6.45) is 0. The first kappa shape index (κ1) is 10.2. The molecule has 0 fully saturated rings. The average molecular weight is 181 g/mol. The largest absolute Gasteiger partial charge is 0.330 e. The number of thioether (sulfide) groups is 1. The minimum atomic E-state index is -3.15. The fourth-order valence-corrected chi connectivity index (χ4v) is 1.64. The van der Waals surface area contributed by atoms with Gasteiger partial charge in [0.25, 0.3) is 7.52 Å². The maximum atomic E-state index is 10.8. The first-order valence-corrected chi connectivity index (χ1v) is 5.71. The third-order valence-corrected chi connectivity index (χ3v) is 2.90. The molecule has 0 heterocycles. The van der Waals surface area contributed by atoms with Gasteiger partial charge >= 0.3 is 0 Å². The van der Waals surface area contributed by atoms with Gasteiger partial charge in [-0.1, -0.05) is 6.92 Å². The molecule has 3 nitrogen and oxygen atoms in total. The van der Waals surface area contributed by atoms with E-state index >= 15 is 0 Å². The minimum Gasteiger partial charge on any atom is -0.330 e. The van der Waals surface area contributed by atoms with Crippen molar-refractivity contribution < 1.29 is 9.46 Å². The Morgan fingerprint density at radius 2 is 2.40 bits per heavy atom. The Labute approximate surface area is 65.4 Å². The monoisotopic (exact) mass is 181 g/mol. The van der Waals surface area contributed by atoms with Crippen molar-refractivity contribution in [1.29, 1.82) is 0 Å². The summed E-state index contributed by atoms with van der Waals surface area (Å²) in [6, 6.07) is 0. The zero-order valence-corrected chi connectivity index (χ0v) is 7.78. The van der Waals surface area contributed by atoms with Crippen LogP contribution in [0.4, 0.5) is 0 Å². The Bertz CT molecular complexity index is 160. The Kier molecular flexibility index (Phi) is 5.09. The van der Waals surface area contributed by atoms with E-state index < -0.39 is 7.52 Å². The van der Waals surface area contributed by atoms with E-state index in [1.165, 1.54) is 24.6 Å². The molecule has 0 spiro atoms. The SMILES string of the molecule is CCS/C=C\P(=O)(O)NC. The van der Waals surface area contributed by atoms with Crippen LogP contribution in [-0.2, 0) is 4.57 Å². The van der Waals surface area contributed by atoms with Gasteiger partial charge in [0.05, 0.1) is 0 Å². The van der Waals surface area contributed by atoms with E-state index in [-0.39, 0.29) is 0 Å². The van der Waals surface area contributed by atoms with Crippen LogP contribution in [0.5, 0.6) is 0 Å². The summed E-state index contributed by atoms with van der Waals surface area (Å²) in [5, 5.41) is 3.95. The van der Waals surface area contributed by atoms with Gasteiger partial charge < -0.3 is 4.89 Å². The third kappa shape index (κ3) is 5.06. The van der Waals surface area contributed by atoms with Crippen LogP contribution in [0.1, 0.15) is 6.92 Å². The predicted octanol–water partition coefficient (Wildman–Crippen LogP) is 1.62. The van der Waals surface area contributed by atoms with Crippen LogP contribution in [0.15, 0.2) is 11.2 Å². The van der Waals surface area contributed by atoms with Crippen LogP contribution < -0.4 is 5.09 Å². The number of hydrogen-bond acceptors (Lipinski definition) is 2. The number of nitrogens with one attached hydrogen (secondary N) is 1. The van der Waals surface area contributed by atoms with Crippen molar-refractivity contribution in [2.75, 3.05) is 12.8 Å². The summed E-state index contributed by atoms with van der Waals surface area (Å²) in [7, 11) is -1.69. The Morgan fingerprint density at radius 1 is 1.80 bits per heavy atom. The van der Waals surface area contributed by atoms with Gasteiger partial charge in [-0.15, -0.1) is 11.8 Å². The van der Waals surface area contributed by atoms with Crippen molar-refractivity contribution in [3.63, 3.8) is 0 Å². The van der Waals surface area contributed by atoms with Gasteiger partial charge in [-0.3, -0.25) is 4.57 Å². The Hall–Kier alpha value is 0.240. The van der Waals surface area contributed by atoms with Crippen LogP contribution in [0.2, 0.25) is 0 Å². The quantitative estimate of drug-likeness (QED) is 0.647. The average Bonchev–Trinajstić information content (AvgIpc) is 1.89. The van der Waals surface area contributed by atoms with Crippen LogP contribution in [0, 0.1) is 0 Å². The van der Waals surface area contributed by atoms with E-state index in [1.807, 2.05) is 6.92 Å². The Balaban J connectivity index is 3.75. The van der Waals surface area contributed by atoms with Crippen LogP contribution >= 0.6 is 19.3 Å². The normalized spacial score (nSPS) is 17.5. The van der Waals surface area contributed by atoms with Gasteiger partial charge in [0.15, 0.2) is 0 Å². The molecule has 1 atom stereocenters. The highest BCUT2D eigenvalue weighted by molar-refractivity contribution is 8.02. The van der Waals surface area contributed by atoms with Crippen LogP contribution in [0.3, 0.4) is 0 Å². The molecule has 0 aliphatic carbocycles. The van der Waals surface area contributed by atoms with Crippen molar-refractivity contribution in [2.45, 2.75) is 6.92 Å². The van der Waals surface area contributed by atoms with Gasteiger partial charge in [0.2, 0.25) is 0 Å². The molecule has 2 N–H and O–H groups in total. The molecule has 0 aromatic carbocycles. The molecule has 0 bridgehead atoms. The van der Waals surface area contributed by atoms with E-state index in [0.29, 0.717) is 0 Å². The van der Waals surface area contributed by atoms with E-state index in [2.05, 4.69) is 5.09 Å². The summed E-state index contributed by atoms with van der Waals surface area (Å²) in [5.41, 5.74) is 0. The highest BCUT2D eigenvalue weighted by atomic mass is 32.2. The summed E-state index contributed by atoms with van der Waals surface area (Å²) < 4.78 is 10.8. The molecule has 10 heavy (non-hydrogen) atoms. The molecule has 0 aromatic heterocycles. The minimum absolute atomic E-state index is 0.917. The molecule has 0 aliphatic heterocycles. The van der Waals surface area contributed by atoms with Gasteiger partial charge in [0.1, 0.15) is 0 Å². The second kappa shape index (κ2) is 4.97. The zero-order chi connectivity index (χ0) is 8.04. The molecule has 1 unspecified atom stereocenters. The molecule has 60 valence electrons. The van der Waals surface area contributed by atoms with E-state index in [1.54, 1.807) is 5.41 Å². The summed E-state index contributed by atoms with van der Waals surface area (Å²) in [6.45, 7) is 1.98. The van der Waals surface area contributed by atoms with E-state index in [9.17, 15) is 4.57 Å². The fraction of sp³-hybridized carbons (Fsp3) is 0.600. The third-order valence-electron chi connectivity index (χ3n) is 0.846. The van der Waals surface area contributed by atoms with Crippen molar-refractivity contribution >= 4 is 19.3 Å². The summed E-state index contributed by atoms with van der Waals surface area (Å²) in [4.78, 5) is 8.89.